The van der Waals surface area contributed by atoms with Crippen LogP contribution in [0.5, 0.6) is 0 Å². The second-order valence-electron chi connectivity index (χ2n) is 4.39. The molecule has 0 saturated carbocycles. The largest absolute Gasteiger partial charge is 0.277 e. The zero-order chi connectivity index (χ0) is 12.1. The molecule has 86 valence electrons. The van der Waals surface area contributed by atoms with Gasteiger partial charge in [-0.2, -0.15) is 5.10 Å². The van der Waals surface area contributed by atoms with Crippen molar-refractivity contribution in [2.24, 2.45) is 0 Å². The Kier molecular flexibility index (Phi) is 1.75. The summed E-state index contributed by atoms with van der Waals surface area (Å²) in [5.41, 5.74) is 1.00. The monoisotopic (exact) mass is 236 g/mol. The molecule has 3 heteroatoms. The molecule has 0 bridgehead atoms. The lowest BCUT2D eigenvalue weighted by Crippen LogP contribution is -1.82. The van der Waals surface area contributed by atoms with Crippen LogP contribution in [0.3, 0.4) is 0 Å². The lowest BCUT2D eigenvalue weighted by atomic mass is 9.98. The molecule has 1 heterocycles. The Morgan fingerprint density at radius 1 is 0.833 bits per heavy atom. The summed E-state index contributed by atoms with van der Waals surface area (Å²) in [6, 6.07) is 12.9. The Labute approximate surface area is 102 Å². The summed E-state index contributed by atoms with van der Waals surface area (Å²) in [6.07, 6.45) is 1.79. The van der Waals surface area contributed by atoms with Gasteiger partial charge in [-0.15, -0.1) is 0 Å². The van der Waals surface area contributed by atoms with E-state index in [0.29, 0.717) is 0 Å². The molecule has 4 rings (SSSR count). The van der Waals surface area contributed by atoms with Gasteiger partial charge in [-0.25, -0.2) is 4.39 Å². The predicted molar refractivity (Wildman–Crippen MR) is 71.1 cm³/mol. The van der Waals surface area contributed by atoms with Gasteiger partial charge in [0.2, 0.25) is 0 Å². The molecule has 0 amide bonds. The van der Waals surface area contributed by atoms with Crippen LogP contribution in [-0.2, 0) is 0 Å². The summed E-state index contributed by atoms with van der Waals surface area (Å²) >= 11 is 0. The van der Waals surface area contributed by atoms with Gasteiger partial charge in [-0.3, -0.25) is 5.10 Å². The number of nitrogens with zero attached hydrogens (tertiary/aromatic N) is 1. The standard InChI is InChI=1S/C15H9FN2/c16-9-5-6-11-13(7-9)10-3-1-2-4-12(10)15-14(11)8-17-18-15/h1-8H,(H,17,18). The van der Waals surface area contributed by atoms with E-state index in [4.69, 9.17) is 0 Å². The molecule has 1 N–H and O–H groups in total. The normalized spacial score (nSPS) is 11.6. The van der Waals surface area contributed by atoms with Crippen molar-refractivity contribution in [3.8, 4) is 0 Å². The highest BCUT2D eigenvalue weighted by Gasteiger charge is 2.09. The zero-order valence-corrected chi connectivity index (χ0v) is 9.44. The van der Waals surface area contributed by atoms with Gasteiger partial charge in [-0.1, -0.05) is 30.3 Å². The smallest absolute Gasteiger partial charge is 0.123 e. The molecule has 2 nitrogen and oxygen atoms in total. The molecular weight excluding hydrogens is 227 g/mol. The van der Waals surface area contributed by atoms with Gasteiger partial charge in [0, 0.05) is 10.8 Å². The van der Waals surface area contributed by atoms with Crippen LogP contribution in [0.25, 0.3) is 32.4 Å². The summed E-state index contributed by atoms with van der Waals surface area (Å²) in [5, 5.41) is 12.2. The Bertz CT molecular complexity index is 893. The van der Waals surface area contributed by atoms with Gasteiger partial charge >= 0.3 is 0 Å². The van der Waals surface area contributed by atoms with Gasteiger partial charge in [0.1, 0.15) is 5.82 Å². The molecule has 0 aliphatic carbocycles. The second-order valence-corrected chi connectivity index (χ2v) is 4.39. The number of rotatable bonds is 0. The highest BCUT2D eigenvalue weighted by molar-refractivity contribution is 6.23. The van der Waals surface area contributed by atoms with E-state index in [1.165, 1.54) is 6.07 Å². The molecule has 0 fully saturated rings. The maximum absolute atomic E-state index is 13.5. The molecule has 0 unspecified atom stereocenters. The molecule has 4 aromatic rings. The average Bonchev–Trinajstić information content (AvgIpc) is 2.88. The Balaban J connectivity index is 2.44. The molecule has 0 saturated heterocycles. The topological polar surface area (TPSA) is 28.7 Å². The van der Waals surface area contributed by atoms with Crippen LogP contribution >= 0.6 is 0 Å². The van der Waals surface area contributed by atoms with Crippen LogP contribution in [0, 0.1) is 5.82 Å². The van der Waals surface area contributed by atoms with Crippen molar-refractivity contribution in [1.29, 1.82) is 0 Å². The fourth-order valence-corrected chi connectivity index (χ4v) is 2.61. The lowest BCUT2D eigenvalue weighted by molar-refractivity contribution is 0.630. The van der Waals surface area contributed by atoms with E-state index < -0.39 is 0 Å². The van der Waals surface area contributed by atoms with Crippen molar-refractivity contribution in [1.82, 2.24) is 10.2 Å². The van der Waals surface area contributed by atoms with Gasteiger partial charge in [0.25, 0.3) is 0 Å². The quantitative estimate of drug-likeness (QED) is 0.459. The number of fused-ring (bicyclic) bond motifs is 6. The van der Waals surface area contributed by atoms with E-state index in [2.05, 4.69) is 10.2 Å². The number of hydrogen-bond donors (Lipinski definition) is 1. The molecule has 0 aliphatic rings. The fourth-order valence-electron chi connectivity index (χ4n) is 2.61. The third-order valence-corrected chi connectivity index (χ3v) is 3.40. The highest BCUT2D eigenvalue weighted by Crippen LogP contribution is 2.33. The maximum Gasteiger partial charge on any atom is 0.123 e. The van der Waals surface area contributed by atoms with Crippen molar-refractivity contribution in [3.05, 3.63) is 54.5 Å². The molecule has 1 aromatic heterocycles. The fraction of sp³-hybridized carbons (Fsp3) is 0. The third-order valence-electron chi connectivity index (χ3n) is 3.40. The minimum atomic E-state index is -0.213. The van der Waals surface area contributed by atoms with Gasteiger partial charge in [-0.05, 0) is 28.3 Å². The first-order valence-corrected chi connectivity index (χ1v) is 5.77. The Hall–Kier alpha value is -2.42. The summed E-state index contributed by atoms with van der Waals surface area (Å²) in [5.74, 6) is -0.213. The van der Waals surface area contributed by atoms with Gasteiger partial charge in [0.15, 0.2) is 0 Å². The van der Waals surface area contributed by atoms with Crippen LogP contribution < -0.4 is 0 Å². The first kappa shape index (κ1) is 9.59. The second kappa shape index (κ2) is 3.29. The number of nitrogens with one attached hydrogen (secondary N) is 1. The van der Waals surface area contributed by atoms with Gasteiger partial charge < -0.3 is 0 Å². The first-order valence-electron chi connectivity index (χ1n) is 5.77. The van der Waals surface area contributed by atoms with Crippen molar-refractivity contribution in [3.63, 3.8) is 0 Å². The van der Waals surface area contributed by atoms with Crippen LogP contribution in [0.2, 0.25) is 0 Å². The van der Waals surface area contributed by atoms with Crippen molar-refractivity contribution in [2.75, 3.05) is 0 Å². The minimum Gasteiger partial charge on any atom is -0.277 e. The van der Waals surface area contributed by atoms with Crippen LogP contribution in [-0.4, -0.2) is 10.2 Å². The van der Waals surface area contributed by atoms with E-state index >= 15 is 0 Å². The van der Waals surface area contributed by atoms with E-state index in [0.717, 1.165) is 32.4 Å². The molecule has 0 aliphatic heterocycles. The van der Waals surface area contributed by atoms with Crippen LogP contribution in [0.4, 0.5) is 4.39 Å². The van der Waals surface area contributed by atoms with E-state index in [1.54, 1.807) is 12.3 Å². The number of hydrogen-bond acceptors (Lipinski definition) is 1. The highest BCUT2D eigenvalue weighted by atomic mass is 19.1. The van der Waals surface area contributed by atoms with Crippen LogP contribution in [0.1, 0.15) is 0 Å². The van der Waals surface area contributed by atoms with E-state index in [1.807, 2.05) is 30.3 Å². The number of H-pyrrole nitrogens is 1. The molecule has 18 heavy (non-hydrogen) atoms. The zero-order valence-electron chi connectivity index (χ0n) is 9.44. The molecular formula is C15H9FN2. The van der Waals surface area contributed by atoms with Crippen LogP contribution in [0.15, 0.2) is 48.7 Å². The number of halogens is 1. The summed E-state index contributed by atoms with van der Waals surface area (Å²) in [4.78, 5) is 0. The Morgan fingerprint density at radius 2 is 1.61 bits per heavy atom. The summed E-state index contributed by atoms with van der Waals surface area (Å²) in [6.45, 7) is 0. The first-order chi connectivity index (χ1) is 8.84. The lowest BCUT2D eigenvalue weighted by Gasteiger charge is -2.06. The SMILES string of the molecule is Fc1ccc2c(c1)c1ccccc1c1[nH]ncc21. The molecule has 0 atom stereocenters. The number of aromatic amines is 1. The third kappa shape index (κ3) is 1.13. The Morgan fingerprint density at radius 3 is 2.50 bits per heavy atom. The summed E-state index contributed by atoms with van der Waals surface area (Å²) < 4.78 is 13.5. The average molecular weight is 236 g/mol. The van der Waals surface area contributed by atoms with E-state index in [-0.39, 0.29) is 5.82 Å². The minimum absolute atomic E-state index is 0.213. The molecule has 0 spiro atoms. The number of benzene rings is 3. The van der Waals surface area contributed by atoms with Gasteiger partial charge in [0.05, 0.1) is 11.7 Å². The van der Waals surface area contributed by atoms with Crippen molar-refractivity contribution < 1.29 is 4.39 Å². The van der Waals surface area contributed by atoms with Crippen molar-refractivity contribution in [2.45, 2.75) is 0 Å². The number of aromatic nitrogens is 2. The summed E-state index contributed by atoms with van der Waals surface area (Å²) in [7, 11) is 0. The molecule has 0 radical (unpaired) electrons. The van der Waals surface area contributed by atoms with Crippen molar-refractivity contribution >= 4 is 32.4 Å². The molecule has 3 aromatic carbocycles. The maximum atomic E-state index is 13.5. The van der Waals surface area contributed by atoms with E-state index in [9.17, 15) is 4.39 Å². The predicted octanol–water partition coefficient (Wildman–Crippen LogP) is 4.01.